The molecule has 3 N–H and O–H groups in total. The van der Waals surface area contributed by atoms with Gasteiger partial charge in [-0.1, -0.05) is 11.6 Å². The molecule has 1 amide bonds. The summed E-state index contributed by atoms with van der Waals surface area (Å²) in [4.78, 5) is 12.1. The number of halogens is 3. The second-order valence-electron chi connectivity index (χ2n) is 5.77. The lowest BCUT2D eigenvalue weighted by Gasteiger charge is -2.10. The van der Waals surface area contributed by atoms with Gasteiger partial charge in [-0.3, -0.25) is 10.1 Å². The highest BCUT2D eigenvalue weighted by Crippen LogP contribution is 2.35. The van der Waals surface area contributed by atoms with E-state index in [1.807, 2.05) is 18.2 Å². The summed E-state index contributed by atoms with van der Waals surface area (Å²) in [5.74, 6) is 0.853. The molecule has 0 aliphatic heterocycles. The quantitative estimate of drug-likeness (QED) is 0.198. The Labute approximate surface area is 194 Å². The zero-order valence-corrected chi connectivity index (χ0v) is 19.3. The first kappa shape index (κ1) is 21.6. The summed E-state index contributed by atoms with van der Waals surface area (Å²) < 4.78 is 6.67. The molecule has 3 rings (SSSR count). The van der Waals surface area contributed by atoms with Gasteiger partial charge in [0, 0.05) is 22.3 Å². The number of furan rings is 1. The summed E-state index contributed by atoms with van der Waals surface area (Å²) in [5, 5.41) is 15.9. The van der Waals surface area contributed by atoms with Crippen LogP contribution in [0.5, 0.6) is 5.75 Å². The molecule has 0 aliphatic rings. The van der Waals surface area contributed by atoms with Gasteiger partial charge >= 0.3 is 0 Å². The lowest BCUT2D eigenvalue weighted by atomic mass is 10.2. The van der Waals surface area contributed by atoms with Crippen LogP contribution in [0.15, 0.2) is 68.0 Å². The summed E-state index contributed by atoms with van der Waals surface area (Å²) in [5.41, 5.74) is 1.48. The van der Waals surface area contributed by atoms with Crippen molar-refractivity contribution in [3.05, 3.63) is 74.3 Å². The maximum Gasteiger partial charge on any atom is 0.250 e. The van der Waals surface area contributed by atoms with Crippen molar-refractivity contribution in [1.29, 1.82) is 0 Å². The van der Waals surface area contributed by atoms with Crippen LogP contribution in [-0.2, 0) is 4.79 Å². The van der Waals surface area contributed by atoms with Crippen molar-refractivity contribution in [1.82, 2.24) is 5.32 Å². The van der Waals surface area contributed by atoms with Gasteiger partial charge < -0.3 is 14.8 Å². The second kappa shape index (κ2) is 9.58. The van der Waals surface area contributed by atoms with Crippen LogP contribution >= 0.6 is 55.7 Å². The van der Waals surface area contributed by atoms with Gasteiger partial charge in [0.15, 0.2) is 5.11 Å². The maximum atomic E-state index is 12.1. The lowest BCUT2D eigenvalue weighted by molar-refractivity contribution is -0.115. The van der Waals surface area contributed by atoms with Crippen molar-refractivity contribution in [3.63, 3.8) is 0 Å². The van der Waals surface area contributed by atoms with E-state index >= 15 is 0 Å². The number of aromatic hydroxyl groups is 1. The minimum Gasteiger partial charge on any atom is -0.506 e. The van der Waals surface area contributed by atoms with Crippen LogP contribution in [-0.4, -0.2) is 16.1 Å². The molecule has 0 spiro atoms. The molecule has 2 aromatic carbocycles. The van der Waals surface area contributed by atoms with Crippen molar-refractivity contribution in [2.24, 2.45) is 0 Å². The van der Waals surface area contributed by atoms with Crippen LogP contribution in [0.25, 0.3) is 17.4 Å². The van der Waals surface area contributed by atoms with Gasteiger partial charge in [0.1, 0.15) is 17.3 Å². The molecule has 0 unspecified atom stereocenters. The van der Waals surface area contributed by atoms with E-state index in [-0.39, 0.29) is 10.9 Å². The highest BCUT2D eigenvalue weighted by atomic mass is 79.9. The molecule has 5 nitrogen and oxygen atoms in total. The molecule has 0 radical (unpaired) electrons. The van der Waals surface area contributed by atoms with E-state index in [9.17, 15) is 9.90 Å². The van der Waals surface area contributed by atoms with E-state index in [4.69, 9.17) is 28.2 Å². The fourth-order valence-corrected chi connectivity index (χ4v) is 3.85. The van der Waals surface area contributed by atoms with Crippen LogP contribution in [0.4, 0.5) is 5.69 Å². The molecule has 0 aliphatic carbocycles. The number of benzene rings is 2. The van der Waals surface area contributed by atoms with E-state index in [2.05, 4.69) is 42.5 Å². The number of rotatable bonds is 4. The molecule has 29 heavy (non-hydrogen) atoms. The van der Waals surface area contributed by atoms with Gasteiger partial charge in [-0.25, -0.2) is 0 Å². The lowest BCUT2D eigenvalue weighted by Crippen LogP contribution is -2.32. The first-order valence-electron chi connectivity index (χ1n) is 8.15. The van der Waals surface area contributed by atoms with Crippen LogP contribution in [0.2, 0.25) is 5.02 Å². The van der Waals surface area contributed by atoms with E-state index in [0.717, 1.165) is 5.56 Å². The molecule has 3 aromatic rings. The van der Waals surface area contributed by atoms with Crippen LogP contribution in [0.1, 0.15) is 5.76 Å². The third-order valence-electron chi connectivity index (χ3n) is 3.67. The summed E-state index contributed by atoms with van der Waals surface area (Å²) in [7, 11) is 0. The summed E-state index contributed by atoms with van der Waals surface area (Å²) >= 11 is 17.5. The molecule has 0 fully saturated rings. The Morgan fingerprint density at radius 3 is 2.41 bits per heavy atom. The van der Waals surface area contributed by atoms with Crippen molar-refractivity contribution in [3.8, 4) is 17.1 Å². The van der Waals surface area contributed by atoms with E-state index in [0.29, 0.717) is 31.2 Å². The third kappa shape index (κ3) is 5.93. The number of hydrogen-bond donors (Lipinski definition) is 3. The number of amides is 1. The second-order valence-corrected chi connectivity index (χ2v) is 8.33. The monoisotopic (exact) mass is 554 g/mol. The van der Waals surface area contributed by atoms with Crippen LogP contribution < -0.4 is 10.6 Å². The van der Waals surface area contributed by atoms with Crippen molar-refractivity contribution in [2.75, 3.05) is 5.32 Å². The van der Waals surface area contributed by atoms with Gasteiger partial charge in [0.05, 0.1) is 8.95 Å². The summed E-state index contributed by atoms with van der Waals surface area (Å²) in [6.07, 6.45) is 2.87. The number of phenolic OH excluding ortho intramolecular Hbond substituents is 1. The van der Waals surface area contributed by atoms with Gasteiger partial charge in [0.25, 0.3) is 0 Å². The van der Waals surface area contributed by atoms with E-state index < -0.39 is 5.91 Å². The molecule has 0 saturated carbocycles. The Hall–Kier alpha value is -2.13. The Morgan fingerprint density at radius 2 is 1.76 bits per heavy atom. The molecule has 0 bridgehead atoms. The topological polar surface area (TPSA) is 74.5 Å². The Balaban J connectivity index is 1.58. The van der Waals surface area contributed by atoms with Crippen LogP contribution in [0, 0.1) is 0 Å². The summed E-state index contributed by atoms with van der Waals surface area (Å²) in [6.45, 7) is 0. The molecular formula is C20H13Br2ClN2O3S. The normalized spacial score (nSPS) is 10.9. The van der Waals surface area contributed by atoms with Gasteiger partial charge in [0.2, 0.25) is 5.91 Å². The van der Waals surface area contributed by atoms with Crippen molar-refractivity contribution >= 4 is 78.5 Å². The van der Waals surface area contributed by atoms with Gasteiger partial charge in [-0.15, -0.1) is 0 Å². The molecule has 9 heteroatoms. The fraction of sp³-hybridized carbons (Fsp3) is 0. The van der Waals surface area contributed by atoms with Crippen molar-refractivity contribution < 1.29 is 14.3 Å². The molecular weight excluding hydrogens is 544 g/mol. The number of phenols is 1. The number of hydrogen-bond acceptors (Lipinski definition) is 4. The number of anilines is 1. The summed E-state index contributed by atoms with van der Waals surface area (Å²) in [6, 6.07) is 14.1. The highest BCUT2D eigenvalue weighted by Gasteiger charge is 2.08. The van der Waals surface area contributed by atoms with Gasteiger partial charge in [-0.2, -0.15) is 0 Å². The van der Waals surface area contributed by atoms with E-state index in [1.54, 1.807) is 36.4 Å². The van der Waals surface area contributed by atoms with Gasteiger partial charge in [-0.05, 0) is 98.7 Å². The first-order chi connectivity index (χ1) is 13.8. The number of thiocarbonyl (C=S) groups is 1. The SMILES string of the molecule is O=C(C=Cc1ccc(-c2ccc(Cl)cc2)o1)NC(=S)Nc1cc(Br)c(O)c(Br)c1. The minimum atomic E-state index is -0.413. The number of carbonyl (C=O) groups excluding carboxylic acids is 1. The highest BCUT2D eigenvalue weighted by molar-refractivity contribution is 9.11. The largest absolute Gasteiger partial charge is 0.506 e. The predicted molar refractivity (Wildman–Crippen MR) is 126 cm³/mol. The molecule has 1 aromatic heterocycles. The Kier molecular flexibility index (Phi) is 7.13. The van der Waals surface area contributed by atoms with E-state index in [1.165, 1.54) is 6.08 Å². The molecule has 0 atom stereocenters. The molecule has 0 saturated heterocycles. The zero-order valence-electron chi connectivity index (χ0n) is 14.6. The molecule has 1 heterocycles. The smallest absolute Gasteiger partial charge is 0.250 e. The average molecular weight is 557 g/mol. The van der Waals surface area contributed by atoms with Crippen LogP contribution in [0.3, 0.4) is 0 Å². The zero-order chi connectivity index (χ0) is 21.0. The molecule has 148 valence electrons. The number of nitrogens with one attached hydrogen (secondary N) is 2. The minimum absolute atomic E-state index is 0.0739. The Morgan fingerprint density at radius 1 is 1.10 bits per heavy atom. The first-order valence-corrected chi connectivity index (χ1v) is 10.5. The maximum absolute atomic E-state index is 12.1. The standard InChI is InChI=1S/C20H13Br2ClN2O3S/c21-15-9-13(10-16(22)19(15)27)24-20(29)25-18(26)8-6-14-5-7-17(28-14)11-1-3-12(23)4-2-11/h1-10,27H,(H2,24,25,26,29). The van der Waals surface area contributed by atoms with Crippen molar-refractivity contribution in [2.45, 2.75) is 0 Å². The predicted octanol–water partition coefficient (Wildman–Crippen LogP) is 6.36. The average Bonchev–Trinajstić information content (AvgIpc) is 3.14. The Bertz CT molecular complexity index is 1070. The fourth-order valence-electron chi connectivity index (χ4n) is 2.32. The number of carbonyl (C=O) groups is 1. The third-order valence-corrected chi connectivity index (χ3v) is 5.33.